The van der Waals surface area contributed by atoms with E-state index in [1.54, 1.807) is 0 Å². The Morgan fingerprint density at radius 1 is 1.70 bits per heavy atom. The van der Waals surface area contributed by atoms with Crippen LogP contribution in [0, 0.1) is 5.92 Å². The molecule has 0 aliphatic heterocycles. The van der Waals surface area contributed by atoms with Gasteiger partial charge in [-0.05, 0) is 5.92 Å². The number of hydrogen-bond donors (Lipinski definition) is 1. The van der Waals surface area contributed by atoms with Gasteiger partial charge < -0.3 is 0 Å². The summed E-state index contributed by atoms with van der Waals surface area (Å²) in [6, 6.07) is 0. The zero-order chi connectivity index (χ0) is 8.15. The van der Waals surface area contributed by atoms with Crippen molar-refractivity contribution in [1.29, 1.82) is 0 Å². The lowest BCUT2D eigenvalue weighted by atomic mass is 10.1. The summed E-state index contributed by atoms with van der Waals surface area (Å²) in [5, 5.41) is 0.750. The van der Waals surface area contributed by atoms with E-state index < -0.39 is 0 Å². The first-order valence-corrected chi connectivity index (χ1v) is 3.19. The molecule has 0 aliphatic rings. The second-order valence-electron chi connectivity index (χ2n) is 2.50. The molecule has 0 bridgehead atoms. The SMILES string of the molecule is CON(N)C(=O)CC(C)C. The lowest BCUT2D eigenvalue weighted by Crippen LogP contribution is -2.36. The fourth-order valence-electron chi connectivity index (χ4n) is 0.541. The molecule has 0 radical (unpaired) electrons. The van der Waals surface area contributed by atoms with Crippen LogP contribution in [0.25, 0.3) is 0 Å². The number of hydroxylamine groups is 1. The lowest BCUT2D eigenvalue weighted by molar-refractivity contribution is -0.178. The van der Waals surface area contributed by atoms with Crippen LogP contribution in [0.1, 0.15) is 20.3 Å². The van der Waals surface area contributed by atoms with Gasteiger partial charge in [-0.15, -0.1) is 0 Å². The predicted molar refractivity (Wildman–Crippen MR) is 37.5 cm³/mol. The Bertz CT molecular complexity index is 114. The lowest BCUT2D eigenvalue weighted by Gasteiger charge is -2.13. The molecule has 0 saturated carbocycles. The molecule has 2 N–H and O–H groups in total. The van der Waals surface area contributed by atoms with E-state index in [0.29, 0.717) is 12.3 Å². The van der Waals surface area contributed by atoms with Gasteiger partial charge in [0, 0.05) is 6.42 Å². The van der Waals surface area contributed by atoms with Gasteiger partial charge in [0.1, 0.15) is 0 Å². The summed E-state index contributed by atoms with van der Waals surface area (Å²) >= 11 is 0. The quantitative estimate of drug-likeness (QED) is 0.354. The van der Waals surface area contributed by atoms with Crippen molar-refractivity contribution in [3.63, 3.8) is 0 Å². The minimum atomic E-state index is -0.197. The molecular formula is C6H14N2O2. The Hall–Kier alpha value is -0.610. The molecule has 0 saturated heterocycles. The van der Waals surface area contributed by atoms with Crippen molar-refractivity contribution in [2.24, 2.45) is 11.8 Å². The maximum Gasteiger partial charge on any atom is 0.261 e. The van der Waals surface area contributed by atoms with Crippen molar-refractivity contribution in [2.75, 3.05) is 7.11 Å². The van der Waals surface area contributed by atoms with Crippen molar-refractivity contribution >= 4 is 5.91 Å². The highest BCUT2D eigenvalue weighted by Gasteiger charge is 2.09. The van der Waals surface area contributed by atoms with Gasteiger partial charge in [0.15, 0.2) is 0 Å². The molecular weight excluding hydrogens is 132 g/mol. The maximum atomic E-state index is 10.9. The molecule has 60 valence electrons. The number of rotatable bonds is 3. The largest absolute Gasteiger partial charge is 0.271 e. The number of hydrogen-bond acceptors (Lipinski definition) is 3. The van der Waals surface area contributed by atoms with Crippen LogP contribution in [0.2, 0.25) is 0 Å². The van der Waals surface area contributed by atoms with Crippen LogP contribution in [0.4, 0.5) is 0 Å². The minimum absolute atomic E-state index is 0.197. The van der Waals surface area contributed by atoms with Gasteiger partial charge in [-0.2, -0.15) is 5.17 Å². The van der Waals surface area contributed by atoms with Gasteiger partial charge in [-0.1, -0.05) is 13.8 Å². The summed E-state index contributed by atoms with van der Waals surface area (Å²) in [5.41, 5.74) is 0. The molecule has 0 rings (SSSR count). The average Bonchev–Trinajstić information content (AvgIpc) is 1.85. The summed E-state index contributed by atoms with van der Waals surface area (Å²) in [5.74, 6) is 5.24. The van der Waals surface area contributed by atoms with E-state index in [9.17, 15) is 4.79 Å². The Kier molecular flexibility index (Phi) is 3.99. The highest BCUT2D eigenvalue weighted by Crippen LogP contribution is 2.00. The molecule has 10 heavy (non-hydrogen) atoms. The van der Waals surface area contributed by atoms with Crippen LogP contribution in [0.5, 0.6) is 0 Å². The normalized spacial score (nSPS) is 10.1. The molecule has 0 aliphatic carbocycles. The molecule has 1 amide bonds. The predicted octanol–water partition coefficient (Wildman–Crippen LogP) is 0.296. The monoisotopic (exact) mass is 146 g/mol. The van der Waals surface area contributed by atoms with E-state index >= 15 is 0 Å². The van der Waals surface area contributed by atoms with Gasteiger partial charge >= 0.3 is 0 Å². The fourth-order valence-corrected chi connectivity index (χ4v) is 0.541. The second-order valence-corrected chi connectivity index (χ2v) is 2.50. The third-order valence-electron chi connectivity index (χ3n) is 1.03. The Morgan fingerprint density at radius 3 is 2.50 bits per heavy atom. The van der Waals surface area contributed by atoms with Gasteiger partial charge in [0.25, 0.3) is 5.91 Å². The van der Waals surface area contributed by atoms with E-state index in [4.69, 9.17) is 5.84 Å². The van der Waals surface area contributed by atoms with Gasteiger partial charge in [-0.25, -0.2) is 5.84 Å². The van der Waals surface area contributed by atoms with Crippen LogP contribution >= 0.6 is 0 Å². The summed E-state index contributed by atoms with van der Waals surface area (Å²) in [7, 11) is 1.36. The van der Waals surface area contributed by atoms with Crippen LogP contribution in [-0.4, -0.2) is 18.2 Å². The molecule has 4 nitrogen and oxygen atoms in total. The van der Waals surface area contributed by atoms with Gasteiger partial charge in [0.05, 0.1) is 7.11 Å². The molecule has 0 fully saturated rings. The summed E-state index contributed by atoms with van der Waals surface area (Å²) in [6.45, 7) is 3.89. The molecule has 0 aromatic heterocycles. The number of nitrogens with two attached hydrogens (primary N) is 1. The Balaban J connectivity index is 3.62. The number of carbonyl (C=O) groups is 1. The molecule has 0 heterocycles. The van der Waals surface area contributed by atoms with Crippen LogP contribution in [0.3, 0.4) is 0 Å². The van der Waals surface area contributed by atoms with Crippen LogP contribution in [-0.2, 0) is 9.63 Å². The van der Waals surface area contributed by atoms with E-state index in [0.717, 1.165) is 5.17 Å². The van der Waals surface area contributed by atoms with Gasteiger partial charge in [-0.3, -0.25) is 9.63 Å². The molecule has 0 unspecified atom stereocenters. The Labute approximate surface area is 60.9 Å². The highest BCUT2D eigenvalue weighted by molar-refractivity contribution is 5.74. The Morgan fingerprint density at radius 2 is 2.20 bits per heavy atom. The standard InChI is InChI=1S/C6H14N2O2/c1-5(2)4-6(9)8(7)10-3/h5H,4,7H2,1-3H3. The van der Waals surface area contributed by atoms with E-state index in [2.05, 4.69) is 4.84 Å². The number of carbonyl (C=O) groups excluding carboxylic acids is 1. The summed E-state index contributed by atoms with van der Waals surface area (Å²) < 4.78 is 0. The van der Waals surface area contributed by atoms with E-state index in [-0.39, 0.29) is 5.91 Å². The first kappa shape index (κ1) is 9.39. The van der Waals surface area contributed by atoms with Crippen molar-refractivity contribution < 1.29 is 9.63 Å². The smallest absolute Gasteiger partial charge is 0.261 e. The van der Waals surface area contributed by atoms with Crippen molar-refractivity contribution in [3.05, 3.63) is 0 Å². The highest BCUT2D eigenvalue weighted by atomic mass is 16.7. The van der Waals surface area contributed by atoms with Crippen molar-refractivity contribution in [2.45, 2.75) is 20.3 Å². The van der Waals surface area contributed by atoms with E-state index in [1.165, 1.54) is 7.11 Å². The molecule has 0 aromatic rings. The molecule has 0 aromatic carbocycles. The summed E-state index contributed by atoms with van der Waals surface area (Å²) in [4.78, 5) is 15.3. The topological polar surface area (TPSA) is 55.6 Å². The van der Waals surface area contributed by atoms with Crippen LogP contribution in [0.15, 0.2) is 0 Å². The third kappa shape index (κ3) is 3.42. The van der Waals surface area contributed by atoms with Crippen LogP contribution < -0.4 is 5.84 Å². The number of amides is 1. The van der Waals surface area contributed by atoms with Gasteiger partial charge in [0.2, 0.25) is 0 Å². The van der Waals surface area contributed by atoms with Crippen molar-refractivity contribution in [1.82, 2.24) is 5.17 Å². The average molecular weight is 146 g/mol. The summed E-state index contributed by atoms with van der Waals surface area (Å²) in [6.07, 6.45) is 0.421. The zero-order valence-corrected chi connectivity index (χ0v) is 6.63. The minimum Gasteiger partial charge on any atom is -0.271 e. The molecule has 4 heteroatoms. The number of nitrogens with zero attached hydrogens (tertiary/aromatic N) is 1. The molecule has 0 atom stereocenters. The fraction of sp³-hybridized carbons (Fsp3) is 0.833. The van der Waals surface area contributed by atoms with E-state index in [1.807, 2.05) is 13.8 Å². The first-order chi connectivity index (χ1) is 4.57. The van der Waals surface area contributed by atoms with Crippen molar-refractivity contribution in [3.8, 4) is 0 Å². The number of hydrazine groups is 1. The third-order valence-corrected chi connectivity index (χ3v) is 1.03. The second kappa shape index (κ2) is 4.24. The maximum absolute atomic E-state index is 10.9. The zero-order valence-electron chi connectivity index (χ0n) is 6.63. The molecule has 0 spiro atoms. The first-order valence-electron chi connectivity index (χ1n) is 3.19.